The van der Waals surface area contributed by atoms with Crippen LogP contribution in [-0.2, 0) is 17.8 Å². The van der Waals surface area contributed by atoms with Gasteiger partial charge in [0, 0.05) is 19.5 Å². The Bertz CT molecular complexity index is 641. The van der Waals surface area contributed by atoms with E-state index in [1.165, 1.54) is 0 Å². The van der Waals surface area contributed by atoms with Crippen LogP contribution in [0.25, 0.3) is 0 Å². The number of aryl methyl sites for hydroxylation is 1. The summed E-state index contributed by atoms with van der Waals surface area (Å²) >= 11 is 0. The molecule has 2 aromatic rings. The molecule has 1 N–H and O–H groups in total. The van der Waals surface area contributed by atoms with E-state index in [0.717, 1.165) is 37.2 Å². The van der Waals surface area contributed by atoms with E-state index in [2.05, 4.69) is 27.3 Å². The van der Waals surface area contributed by atoms with E-state index in [-0.39, 0.29) is 11.9 Å². The number of hydrogen-bond donors (Lipinski definition) is 1. The molecule has 0 saturated carbocycles. The summed E-state index contributed by atoms with van der Waals surface area (Å²) in [5, 5.41) is 6.95. The van der Waals surface area contributed by atoms with Gasteiger partial charge in [-0.25, -0.2) is 0 Å². The molecule has 0 radical (unpaired) electrons. The summed E-state index contributed by atoms with van der Waals surface area (Å²) in [4.78, 5) is 18.9. The average Bonchev–Trinajstić information content (AvgIpc) is 3.01. The fraction of sp³-hybridized carbons (Fsp3) is 0.471. The maximum atomic E-state index is 12.3. The number of piperazine rings is 1. The van der Waals surface area contributed by atoms with Crippen LogP contribution in [0.3, 0.4) is 0 Å². The molecule has 1 aliphatic rings. The molecule has 6 nitrogen and oxygen atoms in total. The van der Waals surface area contributed by atoms with Gasteiger partial charge in [-0.2, -0.15) is 4.98 Å². The summed E-state index contributed by atoms with van der Waals surface area (Å²) in [6.07, 6.45) is 2.99. The number of nitrogens with zero attached hydrogens (tertiary/aromatic N) is 3. The molecule has 1 atom stereocenters. The van der Waals surface area contributed by atoms with Crippen LogP contribution in [0.5, 0.6) is 0 Å². The van der Waals surface area contributed by atoms with Crippen LogP contribution in [0.15, 0.2) is 34.9 Å². The number of nitrogens with one attached hydrogen (secondary N) is 1. The van der Waals surface area contributed by atoms with E-state index < -0.39 is 0 Å². The van der Waals surface area contributed by atoms with Crippen molar-refractivity contribution in [2.24, 2.45) is 0 Å². The predicted molar refractivity (Wildman–Crippen MR) is 85.5 cm³/mol. The molecule has 1 aliphatic heterocycles. The average molecular weight is 314 g/mol. The zero-order valence-electron chi connectivity index (χ0n) is 13.4. The first-order valence-electron chi connectivity index (χ1n) is 8.16. The zero-order chi connectivity index (χ0) is 16.1. The largest absolute Gasteiger partial charge is 0.353 e. The summed E-state index contributed by atoms with van der Waals surface area (Å²) in [5.74, 6) is 1.35. The van der Waals surface area contributed by atoms with E-state index >= 15 is 0 Å². The SMILES string of the molecule is CCCCc1noc(CN2CCNC(=O)C2c2ccccc2)n1. The Kier molecular flexibility index (Phi) is 5.02. The van der Waals surface area contributed by atoms with Crippen LogP contribution < -0.4 is 5.32 Å². The van der Waals surface area contributed by atoms with Gasteiger partial charge in [-0.1, -0.05) is 48.8 Å². The fourth-order valence-corrected chi connectivity index (χ4v) is 2.85. The lowest BCUT2D eigenvalue weighted by molar-refractivity contribution is -0.129. The lowest BCUT2D eigenvalue weighted by Crippen LogP contribution is -2.49. The van der Waals surface area contributed by atoms with Gasteiger partial charge in [0.1, 0.15) is 6.04 Å². The standard InChI is InChI=1S/C17H22N4O2/c1-2-3-9-14-19-15(23-20-14)12-21-11-10-18-17(22)16(21)13-7-5-4-6-8-13/h4-8,16H,2-3,9-12H2,1H3,(H,18,22). The molecule has 1 aromatic carbocycles. The third kappa shape index (κ3) is 3.76. The van der Waals surface area contributed by atoms with Gasteiger partial charge in [-0.05, 0) is 12.0 Å². The van der Waals surface area contributed by atoms with Gasteiger partial charge < -0.3 is 9.84 Å². The molecule has 6 heteroatoms. The molecule has 1 unspecified atom stereocenters. The highest BCUT2D eigenvalue weighted by Crippen LogP contribution is 2.24. The number of hydrogen-bond acceptors (Lipinski definition) is 5. The summed E-state index contributed by atoms with van der Waals surface area (Å²) in [6.45, 7) is 4.03. The zero-order valence-corrected chi connectivity index (χ0v) is 13.4. The van der Waals surface area contributed by atoms with Crippen LogP contribution in [0.1, 0.15) is 43.1 Å². The number of amides is 1. The first-order chi connectivity index (χ1) is 11.3. The number of carbonyl (C=O) groups excluding carboxylic acids is 1. The maximum absolute atomic E-state index is 12.3. The predicted octanol–water partition coefficient (Wildman–Crippen LogP) is 2.09. The van der Waals surface area contributed by atoms with Crippen LogP contribution in [0.4, 0.5) is 0 Å². The normalized spacial score (nSPS) is 18.8. The molecule has 0 aliphatic carbocycles. The number of carbonyl (C=O) groups is 1. The highest BCUT2D eigenvalue weighted by Gasteiger charge is 2.32. The molecule has 1 saturated heterocycles. The molecular weight excluding hydrogens is 292 g/mol. The summed E-state index contributed by atoms with van der Waals surface area (Å²) in [6, 6.07) is 9.49. The fourth-order valence-electron chi connectivity index (χ4n) is 2.85. The Balaban J connectivity index is 1.74. The quantitative estimate of drug-likeness (QED) is 0.884. The van der Waals surface area contributed by atoms with Gasteiger partial charge in [-0.3, -0.25) is 9.69 Å². The lowest BCUT2D eigenvalue weighted by Gasteiger charge is -2.34. The van der Waals surface area contributed by atoms with E-state index in [9.17, 15) is 4.79 Å². The first-order valence-corrected chi connectivity index (χ1v) is 8.16. The maximum Gasteiger partial charge on any atom is 0.242 e. The van der Waals surface area contributed by atoms with Gasteiger partial charge >= 0.3 is 0 Å². The topological polar surface area (TPSA) is 71.3 Å². The Labute approximate surface area is 135 Å². The van der Waals surface area contributed by atoms with Crippen molar-refractivity contribution in [3.63, 3.8) is 0 Å². The van der Waals surface area contributed by atoms with Crippen molar-refractivity contribution in [3.05, 3.63) is 47.6 Å². The van der Waals surface area contributed by atoms with E-state index in [1.807, 2.05) is 30.3 Å². The van der Waals surface area contributed by atoms with Crippen molar-refractivity contribution < 1.29 is 9.32 Å². The summed E-state index contributed by atoms with van der Waals surface area (Å²) in [7, 11) is 0. The Morgan fingerprint density at radius 1 is 1.35 bits per heavy atom. The number of unbranched alkanes of at least 4 members (excludes halogenated alkanes) is 1. The molecule has 0 bridgehead atoms. The Morgan fingerprint density at radius 2 is 2.17 bits per heavy atom. The van der Waals surface area contributed by atoms with Crippen molar-refractivity contribution in [1.29, 1.82) is 0 Å². The van der Waals surface area contributed by atoms with Crippen molar-refractivity contribution in [2.45, 2.75) is 38.8 Å². The molecule has 23 heavy (non-hydrogen) atoms. The molecular formula is C17H22N4O2. The van der Waals surface area contributed by atoms with Gasteiger partial charge in [0.2, 0.25) is 11.8 Å². The highest BCUT2D eigenvalue weighted by molar-refractivity contribution is 5.83. The monoisotopic (exact) mass is 314 g/mol. The number of aromatic nitrogens is 2. The molecule has 2 heterocycles. The number of rotatable bonds is 6. The Hall–Kier alpha value is -2.21. The molecule has 1 aromatic heterocycles. The van der Waals surface area contributed by atoms with Crippen molar-refractivity contribution in [1.82, 2.24) is 20.4 Å². The van der Waals surface area contributed by atoms with Gasteiger partial charge in [0.05, 0.1) is 6.54 Å². The van der Waals surface area contributed by atoms with Crippen LogP contribution in [0, 0.1) is 0 Å². The van der Waals surface area contributed by atoms with Gasteiger partial charge in [-0.15, -0.1) is 0 Å². The molecule has 122 valence electrons. The van der Waals surface area contributed by atoms with Crippen molar-refractivity contribution >= 4 is 5.91 Å². The minimum atomic E-state index is -0.309. The molecule has 1 fully saturated rings. The second-order valence-corrected chi connectivity index (χ2v) is 5.78. The molecule has 0 spiro atoms. The second kappa shape index (κ2) is 7.37. The summed E-state index contributed by atoms with van der Waals surface area (Å²) in [5.41, 5.74) is 0.982. The second-order valence-electron chi connectivity index (χ2n) is 5.78. The highest BCUT2D eigenvalue weighted by atomic mass is 16.5. The first kappa shape index (κ1) is 15.7. The number of benzene rings is 1. The minimum absolute atomic E-state index is 0.0215. The molecule has 1 amide bonds. The van der Waals surface area contributed by atoms with Gasteiger partial charge in [0.15, 0.2) is 5.82 Å². The van der Waals surface area contributed by atoms with Gasteiger partial charge in [0.25, 0.3) is 0 Å². The van der Waals surface area contributed by atoms with Crippen LogP contribution >= 0.6 is 0 Å². The third-order valence-electron chi connectivity index (χ3n) is 4.03. The lowest BCUT2D eigenvalue weighted by atomic mass is 10.0. The van der Waals surface area contributed by atoms with Crippen LogP contribution in [0.2, 0.25) is 0 Å². The van der Waals surface area contributed by atoms with E-state index in [4.69, 9.17) is 4.52 Å². The van der Waals surface area contributed by atoms with E-state index in [1.54, 1.807) is 0 Å². The van der Waals surface area contributed by atoms with Crippen LogP contribution in [-0.4, -0.2) is 34.0 Å². The van der Waals surface area contributed by atoms with E-state index in [0.29, 0.717) is 19.0 Å². The van der Waals surface area contributed by atoms with Crippen molar-refractivity contribution in [2.75, 3.05) is 13.1 Å². The third-order valence-corrected chi connectivity index (χ3v) is 4.03. The summed E-state index contributed by atoms with van der Waals surface area (Å²) < 4.78 is 5.35. The van der Waals surface area contributed by atoms with Crippen molar-refractivity contribution in [3.8, 4) is 0 Å². The molecule has 3 rings (SSSR count). The smallest absolute Gasteiger partial charge is 0.242 e. The Morgan fingerprint density at radius 3 is 2.96 bits per heavy atom. The minimum Gasteiger partial charge on any atom is -0.353 e.